The first-order valence-electron chi connectivity index (χ1n) is 8.18. The number of benzene rings is 1. The van der Waals surface area contributed by atoms with Crippen molar-refractivity contribution in [2.24, 2.45) is 0 Å². The van der Waals surface area contributed by atoms with Gasteiger partial charge in [0.25, 0.3) is 0 Å². The third kappa shape index (κ3) is 5.66. The second-order valence-electron chi connectivity index (χ2n) is 5.68. The van der Waals surface area contributed by atoms with Gasteiger partial charge in [0.05, 0.1) is 31.0 Å². The average molecular weight is 317 g/mol. The van der Waals surface area contributed by atoms with Crippen LogP contribution < -0.4 is 4.74 Å². The molecule has 0 aromatic heterocycles. The summed E-state index contributed by atoms with van der Waals surface area (Å²) >= 11 is 0. The minimum absolute atomic E-state index is 0.0748. The van der Waals surface area contributed by atoms with Gasteiger partial charge >= 0.3 is 5.97 Å². The molecule has 1 saturated heterocycles. The van der Waals surface area contributed by atoms with E-state index in [0.717, 1.165) is 12.8 Å². The maximum atomic E-state index is 12.0. The van der Waals surface area contributed by atoms with Crippen molar-refractivity contribution in [2.75, 3.05) is 13.2 Å². The maximum absolute atomic E-state index is 12.0. The molecule has 1 aliphatic heterocycles. The summed E-state index contributed by atoms with van der Waals surface area (Å²) in [7, 11) is 0. The van der Waals surface area contributed by atoms with E-state index in [1.807, 2.05) is 6.07 Å². The Hall–Kier alpha value is -1.90. The van der Waals surface area contributed by atoms with Crippen LogP contribution in [-0.2, 0) is 14.3 Å². The monoisotopic (exact) mass is 317 g/mol. The number of carbonyl (C=O) groups is 1. The number of rotatable bonds is 7. The lowest BCUT2D eigenvalue weighted by Gasteiger charge is -2.28. The second kappa shape index (κ2) is 9.29. The van der Waals surface area contributed by atoms with Crippen molar-refractivity contribution in [2.45, 2.75) is 51.2 Å². The van der Waals surface area contributed by atoms with E-state index in [9.17, 15) is 4.79 Å². The van der Waals surface area contributed by atoms with Gasteiger partial charge in [-0.05, 0) is 30.7 Å². The van der Waals surface area contributed by atoms with Gasteiger partial charge in [-0.3, -0.25) is 0 Å². The van der Waals surface area contributed by atoms with E-state index in [1.54, 1.807) is 24.3 Å². The van der Waals surface area contributed by atoms with E-state index < -0.39 is 12.1 Å². The lowest BCUT2D eigenvalue weighted by atomic mass is 10.1. The van der Waals surface area contributed by atoms with Crippen LogP contribution in [0.2, 0.25) is 0 Å². The zero-order valence-electron chi connectivity index (χ0n) is 13.5. The maximum Gasteiger partial charge on any atom is 0.343 e. The summed E-state index contributed by atoms with van der Waals surface area (Å²) in [5.74, 6) is -0.0570. The van der Waals surface area contributed by atoms with Gasteiger partial charge in [-0.25, -0.2) is 4.79 Å². The minimum atomic E-state index is -0.683. The Morgan fingerprint density at radius 2 is 2.00 bits per heavy atom. The fourth-order valence-corrected chi connectivity index (χ4v) is 2.42. The van der Waals surface area contributed by atoms with E-state index in [4.69, 9.17) is 19.5 Å². The molecule has 0 radical (unpaired) electrons. The van der Waals surface area contributed by atoms with E-state index >= 15 is 0 Å². The summed E-state index contributed by atoms with van der Waals surface area (Å²) in [6.07, 6.45) is 5.15. The molecule has 1 aromatic rings. The summed E-state index contributed by atoms with van der Waals surface area (Å²) < 4.78 is 16.5. The van der Waals surface area contributed by atoms with Gasteiger partial charge in [-0.15, -0.1) is 0 Å². The van der Waals surface area contributed by atoms with Gasteiger partial charge in [0.15, 0.2) is 6.10 Å². The predicted molar refractivity (Wildman–Crippen MR) is 85.0 cm³/mol. The molecule has 1 aromatic carbocycles. The topological polar surface area (TPSA) is 68.5 Å². The van der Waals surface area contributed by atoms with Crippen LogP contribution >= 0.6 is 0 Å². The smallest absolute Gasteiger partial charge is 0.343 e. The zero-order chi connectivity index (χ0) is 16.5. The number of nitriles is 1. The SMILES string of the molecule is CCCCCC[C@H]1CO[C@H](C(=O)Oc2ccc(C#N)cc2)CO1. The van der Waals surface area contributed by atoms with Crippen LogP contribution in [0.1, 0.15) is 44.6 Å². The number of nitrogens with zero attached hydrogens (tertiary/aromatic N) is 1. The van der Waals surface area contributed by atoms with Crippen molar-refractivity contribution in [1.82, 2.24) is 0 Å². The molecule has 1 fully saturated rings. The highest BCUT2D eigenvalue weighted by atomic mass is 16.6. The lowest BCUT2D eigenvalue weighted by Crippen LogP contribution is -2.42. The summed E-state index contributed by atoms with van der Waals surface area (Å²) in [5.41, 5.74) is 0.521. The number of esters is 1. The van der Waals surface area contributed by atoms with Crippen LogP contribution in [0.5, 0.6) is 5.75 Å². The van der Waals surface area contributed by atoms with Gasteiger partial charge in [-0.1, -0.05) is 32.6 Å². The van der Waals surface area contributed by atoms with Crippen LogP contribution in [0.15, 0.2) is 24.3 Å². The molecule has 5 nitrogen and oxygen atoms in total. The number of hydrogen-bond donors (Lipinski definition) is 0. The van der Waals surface area contributed by atoms with E-state index in [-0.39, 0.29) is 12.7 Å². The number of hydrogen-bond acceptors (Lipinski definition) is 5. The van der Waals surface area contributed by atoms with Gasteiger partial charge in [0.2, 0.25) is 0 Å². The molecule has 2 rings (SSSR count). The molecule has 0 spiro atoms. The summed E-state index contributed by atoms with van der Waals surface area (Å²) in [5, 5.41) is 8.74. The minimum Gasteiger partial charge on any atom is -0.425 e. The number of carbonyl (C=O) groups excluding carboxylic acids is 1. The fraction of sp³-hybridized carbons (Fsp3) is 0.556. The summed E-state index contributed by atoms with van der Waals surface area (Å²) in [6, 6.07) is 8.41. The Morgan fingerprint density at radius 1 is 1.22 bits per heavy atom. The summed E-state index contributed by atoms with van der Waals surface area (Å²) in [4.78, 5) is 12.0. The zero-order valence-corrected chi connectivity index (χ0v) is 13.5. The van der Waals surface area contributed by atoms with Crippen LogP contribution in [-0.4, -0.2) is 31.4 Å². The van der Waals surface area contributed by atoms with E-state index in [2.05, 4.69) is 6.92 Å². The van der Waals surface area contributed by atoms with Crippen molar-refractivity contribution < 1.29 is 19.0 Å². The Morgan fingerprint density at radius 3 is 2.61 bits per heavy atom. The standard InChI is InChI=1S/C18H23NO4/c1-2-3-4-5-6-16-12-22-17(13-21-16)18(20)23-15-9-7-14(11-19)8-10-15/h7-10,16-17H,2-6,12-13H2,1H3/t16-,17-/m0/s1. The fourth-order valence-electron chi connectivity index (χ4n) is 2.42. The van der Waals surface area contributed by atoms with Gasteiger partial charge in [0.1, 0.15) is 5.75 Å². The summed E-state index contributed by atoms with van der Waals surface area (Å²) in [6.45, 7) is 2.84. The number of ether oxygens (including phenoxy) is 3. The highest BCUT2D eigenvalue weighted by Gasteiger charge is 2.29. The van der Waals surface area contributed by atoms with Crippen molar-refractivity contribution in [3.05, 3.63) is 29.8 Å². The predicted octanol–water partition coefficient (Wildman–Crippen LogP) is 3.22. The van der Waals surface area contributed by atoms with Crippen LogP contribution in [0.4, 0.5) is 0 Å². The Kier molecular flexibility index (Phi) is 7.05. The second-order valence-corrected chi connectivity index (χ2v) is 5.68. The largest absolute Gasteiger partial charge is 0.425 e. The third-order valence-electron chi connectivity index (χ3n) is 3.81. The van der Waals surface area contributed by atoms with Crippen LogP contribution in [0.25, 0.3) is 0 Å². The Bertz CT molecular complexity index is 527. The molecule has 0 amide bonds. The van der Waals surface area contributed by atoms with Crippen molar-refractivity contribution >= 4 is 5.97 Å². The average Bonchev–Trinajstić information content (AvgIpc) is 2.60. The molecule has 124 valence electrons. The van der Waals surface area contributed by atoms with Crippen molar-refractivity contribution in [3.8, 4) is 11.8 Å². The molecular weight excluding hydrogens is 294 g/mol. The normalized spacial score (nSPS) is 20.7. The first kappa shape index (κ1) is 17.5. The van der Waals surface area contributed by atoms with E-state index in [0.29, 0.717) is 17.9 Å². The molecule has 23 heavy (non-hydrogen) atoms. The first-order valence-corrected chi connectivity index (χ1v) is 8.18. The lowest BCUT2D eigenvalue weighted by molar-refractivity contribution is -0.173. The molecule has 0 aliphatic carbocycles. The molecule has 0 saturated carbocycles. The van der Waals surface area contributed by atoms with Gasteiger partial charge < -0.3 is 14.2 Å². The quantitative estimate of drug-likeness (QED) is 0.439. The molecule has 1 heterocycles. The Labute approximate surface area is 137 Å². The first-order chi connectivity index (χ1) is 11.2. The molecule has 0 unspecified atom stereocenters. The van der Waals surface area contributed by atoms with E-state index in [1.165, 1.54) is 19.3 Å². The highest BCUT2D eigenvalue weighted by Crippen LogP contribution is 2.17. The molecule has 2 atom stereocenters. The third-order valence-corrected chi connectivity index (χ3v) is 3.81. The molecule has 0 N–H and O–H groups in total. The molecular formula is C18H23NO4. The van der Waals surface area contributed by atoms with Crippen molar-refractivity contribution in [3.63, 3.8) is 0 Å². The molecule has 1 aliphatic rings. The molecule has 5 heteroatoms. The highest BCUT2D eigenvalue weighted by molar-refractivity contribution is 5.77. The van der Waals surface area contributed by atoms with Crippen molar-refractivity contribution in [1.29, 1.82) is 5.26 Å². The van der Waals surface area contributed by atoms with Crippen LogP contribution in [0.3, 0.4) is 0 Å². The number of unbranched alkanes of at least 4 members (excludes halogenated alkanes) is 3. The van der Waals surface area contributed by atoms with Gasteiger partial charge in [-0.2, -0.15) is 5.26 Å². The van der Waals surface area contributed by atoms with Crippen LogP contribution in [0, 0.1) is 11.3 Å². The Balaban J connectivity index is 1.71. The molecule has 0 bridgehead atoms. The van der Waals surface area contributed by atoms with Gasteiger partial charge in [0, 0.05) is 0 Å².